The lowest BCUT2D eigenvalue weighted by Gasteiger charge is -2.32. The molecule has 1 aromatic heterocycles. The van der Waals surface area contributed by atoms with Crippen LogP contribution in [0, 0.1) is 0 Å². The van der Waals surface area contributed by atoms with Crippen molar-refractivity contribution in [3.05, 3.63) is 68.5 Å². The van der Waals surface area contributed by atoms with Gasteiger partial charge in [0, 0.05) is 17.1 Å². The highest BCUT2D eigenvalue weighted by Gasteiger charge is 2.25. The van der Waals surface area contributed by atoms with Crippen LogP contribution in [0.25, 0.3) is 11.0 Å². The highest BCUT2D eigenvalue weighted by atomic mass is 35.5. The Morgan fingerprint density at radius 3 is 2.50 bits per heavy atom. The third-order valence-electron chi connectivity index (χ3n) is 5.31. The van der Waals surface area contributed by atoms with Crippen molar-refractivity contribution in [3.63, 3.8) is 0 Å². The van der Waals surface area contributed by atoms with Crippen molar-refractivity contribution in [1.29, 1.82) is 0 Å². The smallest absolute Gasteiger partial charge is 0.336 e. The van der Waals surface area contributed by atoms with E-state index in [1.54, 1.807) is 0 Å². The minimum atomic E-state index is -0.347. The van der Waals surface area contributed by atoms with E-state index in [0.29, 0.717) is 29.6 Å². The average Bonchev–Trinajstić information content (AvgIpc) is 2.67. The zero-order valence-corrected chi connectivity index (χ0v) is 17.4. The lowest BCUT2D eigenvalue weighted by atomic mass is 9.87. The fraction of sp³-hybridized carbons (Fsp3) is 0.348. The summed E-state index contributed by atoms with van der Waals surface area (Å²) in [7, 11) is 0. The summed E-state index contributed by atoms with van der Waals surface area (Å²) in [6.07, 6.45) is 0.732. The van der Waals surface area contributed by atoms with Gasteiger partial charge in [-0.05, 0) is 41.2 Å². The highest BCUT2D eigenvalue weighted by molar-refractivity contribution is 6.33. The van der Waals surface area contributed by atoms with Crippen LogP contribution in [0.5, 0.6) is 5.75 Å². The summed E-state index contributed by atoms with van der Waals surface area (Å²) in [6, 6.07) is 11.9. The first kappa shape index (κ1) is 18.9. The average molecular weight is 398 g/mol. The summed E-state index contributed by atoms with van der Waals surface area (Å²) in [6.45, 7) is 9.57. The van der Waals surface area contributed by atoms with Crippen LogP contribution in [0.1, 0.15) is 44.4 Å². The third kappa shape index (κ3) is 3.26. The first-order valence-electron chi connectivity index (χ1n) is 9.54. The second kappa shape index (κ2) is 6.85. The van der Waals surface area contributed by atoms with Crippen LogP contribution < -0.4 is 15.3 Å². The lowest BCUT2D eigenvalue weighted by Crippen LogP contribution is -2.32. The molecule has 0 bridgehead atoms. The molecule has 0 saturated heterocycles. The van der Waals surface area contributed by atoms with Gasteiger partial charge >= 0.3 is 5.63 Å². The van der Waals surface area contributed by atoms with Crippen LogP contribution in [-0.4, -0.2) is 6.73 Å². The van der Waals surface area contributed by atoms with Crippen molar-refractivity contribution < 1.29 is 9.15 Å². The van der Waals surface area contributed by atoms with Crippen molar-refractivity contribution in [2.24, 2.45) is 0 Å². The lowest BCUT2D eigenvalue weighted by molar-refractivity contribution is 0.289. The predicted octanol–water partition coefficient (Wildman–Crippen LogP) is 5.66. The van der Waals surface area contributed by atoms with E-state index in [1.165, 1.54) is 11.6 Å². The summed E-state index contributed by atoms with van der Waals surface area (Å²) in [4.78, 5) is 14.2. The largest absolute Gasteiger partial charge is 0.471 e. The molecule has 4 rings (SSSR count). The van der Waals surface area contributed by atoms with Crippen molar-refractivity contribution >= 4 is 28.3 Å². The maximum Gasteiger partial charge on any atom is 0.336 e. The fourth-order valence-corrected chi connectivity index (χ4v) is 3.96. The van der Waals surface area contributed by atoms with Crippen LogP contribution in [0.3, 0.4) is 0 Å². The van der Waals surface area contributed by atoms with Crippen molar-refractivity contribution in [3.8, 4) is 5.75 Å². The quantitative estimate of drug-likeness (QED) is 0.523. The van der Waals surface area contributed by atoms with Gasteiger partial charge in [0.1, 0.15) is 11.3 Å². The van der Waals surface area contributed by atoms with Crippen LogP contribution >= 0.6 is 11.6 Å². The number of halogens is 1. The molecule has 0 spiro atoms. The molecule has 0 saturated carbocycles. The summed E-state index contributed by atoms with van der Waals surface area (Å²) < 4.78 is 11.6. The van der Waals surface area contributed by atoms with E-state index in [9.17, 15) is 4.79 Å². The molecule has 0 aliphatic carbocycles. The summed E-state index contributed by atoms with van der Waals surface area (Å²) in [5.74, 6) is 0.605. The van der Waals surface area contributed by atoms with Crippen LogP contribution in [0.4, 0.5) is 5.69 Å². The number of hydrogen-bond donors (Lipinski definition) is 0. The molecule has 4 nitrogen and oxygen atoms in total. The van der Waals surface area contributed by atoms with Gasteiger partial charge in [-0.1, -0.05) is 51.4 Å². The third-order valence-corrected chi connectivity index (χ3v) is 5.60. The first-order chi connectivity index (χ1) is 13.3. The van der Waals surface area contributed by atoms with Gasteiger partial charge in [0.05, 0.1) is 17.1 Å². The minimum Gasteiger partial charge on any atom is -0.471 e. The monoisotopic (exact) mass is 397 g/mol. The molecule has 1 aliphatic rings. The molecule has 0 N–H and O–H groups in total. The van der Waals surface area contributed by atoms with Gasteiger partial charge in [-0.2, -0.15) is 0 Å². The molecular formula is C23H24ClNO3. The topological polar surface area (TPSA) is 42.7 Å². The summed E-state index contributed by atoms with van der Waals surface area (Å²) in [5.41, 5.74) is 4.42. The number of benzene rings is 2. The van der Waals surface area contributed by atoms with Gasteiger partial charge in [0.15, 0.2) is 6.73 Å². The summed E-state index contributed by atoms with van der Waals surface area (Å²) >= 11 is 6.49. The van der Waals surface area contributed by atoms with E-state index < -0.39 is 0 Å². The molecular weight excluding hydrogens is 374 g/mol. The molecule has 0 radical (unpaired) electrons. The Morgan fingerprint density at radius 2 is 1.86 bits per heavy atom. The highest BCUT2D eigenvalue weighted by Crippen LogP contribution is 2.40. The van der Waals surface area contributed by atoms with Gasteiger partial charge in [0.25, 0.3) is 0 Å². The van der Waals surface area contributed by atoms with Gasteiger partial charge in [-0.15, -0.1) is 0 Å². The SMILES string of the molecule is CCc1cc(=O)oc2c3c(c(Cl)cc12)OCN(c1ccc(C(C)(C)C)cc1)C3. The Kier molecular flexibility index (Phi) is 4.62. The van der Waals surface area contributed by atoms with E-state index in [4.69, 9.17) is 20.8 Å². The Hall–Kier alpha value is -2.46. The standard InChI is InChI=1S/C23H24ClNO3/c1-5-14-10-20(26)28-21-17(14)11-19(24)22-18(21)12-25(13-27-22)16-8-6-15(7-9-16)23(2,3)4/h6-11H,5,12-13H2,1-4H3. The van der Waals surface area contributed by atoms with Crippen LogP contribution in [-0.2, 0) is 18.4 Å². The number of hydrogen-bond acceptors (Lipinski definition) is 4. The van der Waals surface area contributed by atoms with E-state index >= 15 is 0 Å². The van der Waals surface area contributed by atoms with Crippen LogP contribution in [0.2, 0.25) is 5.02 Å². The minimum absolute atomic E-state index is 0.104. The molecule has 0 unspecified atom stereocenters. The second-order valence-electron chi connectivity index (χ2n) is 8.26. The van der Waals surface area contributed by atoms with Crippen LogP contribution in [0.15, 0.2) is 45.6 Å². The molecule has 2 heterocycles. The zero-order chi connectivity index (χ0) is 20.1. The van der Waals surface area contributed by atoms with Gasteiger partial charge in [-0.3, -0.25) is 0 Å². The predicted molar refractivity (Wildman–Crippen MR) is 114 cm³/mol. The first-order valence-corrected chi connectivity index (χ1v) is 9.92. The number of nitrogens with zero attached hydrogens (tertiary/aromatic N) is 1. The number of fused-ring (bicyclic) bond motifs is 3. The van der Waals surface area contributed by atoms with E-state index in [1.807, 2.05) is 13.0 Å². The molecule has 0 fully saturated rings. The Morgan fingerprint density at radius 1 is 1.14 bits per heavy atom. The van der Waals surface area contributed by atoms with E-state index in [-0.39, 0.29) is 11.0 Å². The Bertz CT molecular complexity index is 1090. The normalized spacial score (nSPS) is 14.1. The zero-order valence-electron chi connectivity index (χ0n) is 16.6. The van der Waals surface area contributed by atoms with E-state index in [2.05, 4.69) is 49.9 Å². The van der Waals surface area contributed by atoms with Gasteiger partial charge in [0.2, 0.25) is 0 Å². The Balaban J connectivity index is 1.78. The van der Waals surface area contributed by atoms with Crippen molar-refractivity contribution in [2.45, 2.75) is 46.1 Å². The fourth-order valence-electron chi connectivity index (χ4n) is 3.68. The number of ether oxygens (including phenoxy) is 1. The second-order valence-corrected chi connectivity index (χ2v) is 8.66. The van der Waals surface area contributed by atoms with E-state index in [0.717, 1.165) is 28.6 Å². The molecule has 1 aliphatic heterocycles. The maximum atomic E-state index is 12.1. The van der Waals surface area contributed by atoms with Gasteiger partial charge in [-0.25, -0.2) is 4.79 Å². The Labute approximate surface area is 169 Å². The van der Waals surface area contributed by atoms with Crippen molar-refractivity contribution in [2.75, 3.05) is 11.6 Å². The summed E-state index contributed by atoms with van der Waals surface area (Å²) in [5, 5.41) is 1.42. The molecule has 28 heavy (non-hydrogen) atoms. The molecule has 146 valence electrons. The number of aryl methyl sites for hydroxylation is 1. The molecule has 0 amide bonds. The molecule has 2 aromatic carbocycles. The maximum absolute atomic E-state index is 12.1. The van der Waals surface area contributed by atoms with Crippen molar-refractivity contribution in [1.82, 2.24) is 0 Å². The number of rotatable bonds is 2. The molecule has 3 aromatic rings. The molecule has 5 heteroatoms. The van der Waals surface area contributed by atoms with Gasteiger partial charge < -0.3 is 14.1 Å². The number of anilines is 1. The molecule has 0 atom stereocenters.